The Balaban J connectivity index is 2.56. The lowest BCUT2D eigenvalue weighted by molar-refractivity contribution is -0.145. The summed E-state index contributed by atoms with van der Waals surface area (Å²) in [5, 5.41) is 28.3. The third-order valence-corrected chi connectivity index (χ3v) is 3.73. The van der Waals surface area contributed by atoms with Crippen LogP contribution in [0, 0.1) is 5.82 Å². The minimum absolute atomic E-state index is 0.0602. The lowest BCUT2D eigenvalue weighted by Crippen LogP contribution is -2.38. The number of carbonyl (C=O) groups is 1. The molecule has 0 radical (unpaired) electrons. The molecule has 0 aliphatic heterocycles. The van der Waals surface area contributed by atoms with E-state index in [1.165, 1.54) is 6.07 Å². The van der Waals surface area contributed by atoms with Crippen molar-refractivity contribution in [3.63, 3.8) is 0 Å². The van der Waals surface area contributed by atoms with Crippen LogP contribution >= 0.6 is 0 Å². The SMILES string of the molecule is O=C(O)C1(c2ccc(O)c(F)c2O)CCCCC1. The Morgan fingerprint density at radius 3 is 2.33 bits per heavy atom. The van der Waals surface area contributed by atoms with E-state index < -0.39 is 28.7 Å². The average molecular weight is 254 g/mol. The summed E-state index contributed by atoms with van der Waals surface area (Å²) in [6.07, 6.45) is 3.15. The molecule has 1 aliphatic carbocycles. The Kier molecular flexibility index (Phi) is 3.15. The Morgan fingerprint density at radius 2 is 1.78 bits per heavy atom. The van der Waals surface area contributed by atoms with Gasteiger partial charge in [-0.3, -0.25) is 4.79 Å². The third-order valence-electron chi connectivity index (χ3n) is 3.73. The van der Waals surface area contributed by atoms with Crippen LogP contribution < -0.4 is 0 Å². The monoisotopic (exact) mass is 254 g/mol. The molecule has 1 aromatic carbocycles. The van der Waals surface area contributed by atoms with Crippen molar-refractivity contribution in [2.24, 2.45) is 0 Å². The van der Waals surface area contributed by atoms with Crippen molar-refractivity contribution >= 4 is 5.97 Å². The van der Waals surface area contributed by atoms with E-state index in [0.29, 0.717) is 12.8 Å². The van der Waals surface area contributed by atoms with E-state index in [-0.39, 0.29) is 5.56 Å². The molecule has 0 spiro atoms. The highest BCUT2D eigenvalue weighted by Gasteiger charge is 2.43. The van der Waals surface area contributed by atoms with Gasteiger partial charge in [0.25, 0.3) is 0 Å². The van der Waals surface area contributed by atoms with Gasteiger partial charge in [-0.2, -0.15) is 4.39 Å². The third kappa shape index (κ3) is 1.79. The van der Waals surface area contributed by atoms with Crippen molar-refractivity contribution in [1.82, 2.24) is 0 Å². The first-order valence-electron chi connectivity index (χ1n) is 5.93. The van der Waals surface area contributed by atoms with Crippen molar-refractivity contribution in [3.05, 3.63) is 23.5 Å². The van der Waals surface area contributed by atoms with Gasteiger partial charge in [-0.15, -0.1) is 0 Å². The molecule has 0 bridgehead atoms. The van der Waals surface area contributed by atoms with E-state index in [9.17, 15) is 19.4 Å². The molecule has 3 N–H and O–H groups in total. The highest BCUT2D eigenvalue weighted by Crippen LogP contribution is 2.45. The van der Waals surface area contributed by atoms with Gasteiger partial charge in [-0.1, -0.05) is 25.3 Å². The van der Waals surface area contributed by atoms with Gasteiger partial charge in [0, 0.05) is 5.56 Å². The summed E-state index contributed by atoms with van der Waals surface area (Å²) in [6, 6.07) is 2.39. The van der Waals surface area contributed by atoms with Gasteiger partial charge in [0.05, 0.1) is 5.41 Å². The van der Waals surface area contributed by atoms with Crippen LogP contribution in [0.25, 0.3) is 0 Å². The highest BCUT2D eigenvalue weighted by molar-refractivity contribution is 5.82. The van der Waals surface area contributed by atoms with Crippen LogP contribution in [0.2, 0.25) is 0 Å². The molecule has 2 rings (SSSR count). The predicted octanol–water partition coefficient (Wildman–Crippen LogP) is 2.52. The molecule has 0 amide bonds. The van der Waals surface area contributed by atoms with Crippen molar-refractivity contribution in [3.8, 4) is 11.5 Å². The predicted molar refractivity (Wildman–Crippen MR) is 62.1 cm³/mol. The summed E-state index contributed by atoms with van der Waals surface area (Å²) in [5.41, 5.74) is -1.18. The maximum atomic E-state index is 13.5. The first kappa shape index (κ1) is 12.7. The number of carboxylic acids is 1. The molecule has 4 nitrogen and oxygen atoms in total. The maximum Gasteiger partial charge on any atom is 0.314 e. The number of hydrogen-bond acceptors (Lipinski definition) is 3. The lowest BCUT2D eigenvalue weighted by atomic mass is 9.69. The van der Waals surface area contributed by atoms with Gasteiger partial charge < -0.3 is 15.3 Å². The number of halogens is 1. The fraction of sp³-hybridized carbons (Fsp3) is 0.462. The van der Waals surface area contributed by atoms with E-state index in [0.717, 1.165) is 25.3 Å². The summed E-state index contributed by atoms with van der Waals surface area (Å²) in [6.45, 7) is 0. The second kappa shape index (κ2) is 4.48. The Morgan fingerprint density at radius 1 is 1.17 bits per heavy atom. The van der Waals surface area contributed by atoms with Gasteiger partial charge in [-0.05, 0) is 18.9 Å². The molecule has 18 heavy (non-hydrogen) atoms. The molecule has 0 aromatic heterocycles. The summed E-state index contributed by atoms with van der Waals surface area (Å²) in [7, 11) is 0. The van der Waals surface area contributed by atoms with Gasteiger partial charge in [0.2, 0.25) is 5.82 Å². The number of phenols is 2. The van der Waals surface area contributed by atoms with Gasteiger partial charge in [0.15, 0.2) is 11.5 Å². The second-order valence-electron chi connectivity index (χ2n) is 4.74. The fourth-order valence-corrected chi connectivity index (χ4v) is 2.69. The van der Waals surface area contributed by atoms with Gasteiger partial charge in [-0.25, -0.2) is 0 Å². The number of benzene rings is 1. The molecular formula is C13H15FO4. The van der Waals surface area contributed by atoms with E-state index >= 15 is 0 Å². The molecule has 1 aliphatic rings. The van der Waals surface area contributed by atoms with E-state index in [1.807, 2.05) is 0 Å². The van der Waals surface area contributed by atoms with E-state index in [1.54, 1.807) is 0 Å². The number of aliphatic carboxylic acids is 1. The highest BCUT2D eigenvalue weighted by atomic mass is 19.1. The Labute approximate surface area is 104 Å². The first-order chi connectivity index (χ1) is 8.49. The summed E-state index contributed by atoms with van der Waals surface area (Å²) in [5.74, 6) is -3.63. The first-order valence-corrected chi connectivity index (χ1v) is 5.93. The molecule has 5 heteroatoms. The average Bonchev–Trinajstić information content (AvgIpc) is 2.37. The minimum Gasteiger partial charge on any atom is -0.505 e. The van der Waals surface area contributed by atoms with Crippen LogP contribution in [0.1, 0.15) is 37.7 Å². The normalized spacial score (nSPS) is 18.5. The molecule has 0 heterocycles. The smallest absolute Gasteiger partial charge is 0.314 e. The fourth-order valence-electron chi connectivity index (χ4n) is 2.69. The second-order valence-corrected chi connectivity index (χ2v) is 4.74. The Hall–Kier alpha value is -1.78. The molecular weight excluding hydrogens is 239 g/mol. The van der Waals surface area contributed by atoms with Crippen LogP contribution in [0.3, 0.4) is 0 Å². The molecule has 0 unspecified atom stereocenters. The zero-order valence-electron chi connectivity index (χ0n) is 9.82. The zero-order chi connectivity index (χ0) is 13.3. The van der Waals surface area contributed by atoms with Crippen LogP contribution in [0.15, 0.2) is 12.1 Å². The van der Waals surface area contributed by atoms with Crippen molar-refractivity contribution in [1.29, 1.82) is 0 Å². The van der Waals surface area contributed by atoms with Crippen LogP contribution in [-0.2, 0) is 10.2 Å². The molecule has 1 aromatic rings. The molecule has 0 atom stereocenters. The number of carboxylic acid groups (broad SMARTS) is 1. The number of phenolic OH excluding ortho intramolecular Hbond substituents is 2. The number of hydrogen-bond donors (Lipinski definition) is 3. The maximum absolute atomic E-state index is 13.5. The van der Waals surface area contributed by atoms with Crippen LogP contribution in [0.4, 0.5) is 4.39 Å². The number of rotatable bonds is 2. The number of aromatic hydroxyl groups is 2. The molecule has 1 saturated carbocycles. The molecule has 98 valence electrons. The van der Waals surface area contributed by atoms with Gasteiger partial charge in [0.1, 0.15) is 0 Å². The summed E-state index contributed by atoms with van der Waals surface area (Å²) in [4.78, 5) is 11.5. The molecule has 0 saturated heterocycles. The minimum atomic E-state index is -1.24. The zero-order valence-corrected chi connectivity index (χ0v) is 9.82. The Bertz CT molecular complexity index is 478. The van der Waals surface area contributed by atoms with Crippen molar-refractivity contribution < 1.29 is 24.5 Å². The van der Waals surface area contributed by atoms with Crippen molar-refractivity contribution in [2.45, 2.75) is 37.5 Å². The van der Waals surface area contributed by atoms with Crippen LogP contribution in [0.5, 0.6) is 11.5 Å². The van der Waals surface area contributed by atoms with Gasteiger partial charge >= 0.3 is 5.97 Å². The van der Waals surface area contributed by atoms with Crippen molar-refractivity contribution in [2.75, 3.05) is 0 Å². The van der Waals surface area contributed by atoms with E-state index in [2.05, 4.69) is 0 Å². The topological polar surface area (TPSA) is 77.8 Å². The van der Waals surface area contributed by atoms with E-state index in [4.69, 9.17) is 5.11 Å². The largest absolute Gasteiger partial charge is 0.505 e. The summed E-state index contributed by atoms with van der Waals surface area (Å²) >= 11 is 0. The van der Waals surface area contributed by atoms with Crippen LogP contribution in [-0.4, -0.2) is 21.3 Å². The standard InChI is InChI=1S/C13H15FO4/c14-10-9(15)5-4-8(11(10)16)13(12(17)18)6-2-1-3-7-13/h4-5,15-16H,1-3,6-7H2,(H,17,18). The lowest BCUT2D eigenvalue weighted by Gasteiger charge is -2.34. The summed E-state index contributed by atoms with van der Waals surface area (Å²) < 4.78 is 13.5. The molecule has 1 fully saturated rings. The quantitative estimate of drug-likeness (QED) is 0.757.